The van der Waals surface area contributed by atoms with Gasteiger partial charge < -0.3 is 14.0 Å². The molecule has 0 saturated carbocycles. The molecule has 0 aliphatic carbocycles. The van der Waals surface area contributed by atoms with E-state index in [1.54, 1.807) is 24.3 Å². The van der Waals surface area contributed by atoms with Gasteiger partial charge in [-0.25, -0.2) is 0 Å². The van der Waals surface area contributed by atoms with Gasteiger partial charge in [0.2, 0.25) is 17.6 Å². The number of hydrogen-bond donors (Lipinski definition) is 0. The number of nitrogens with zero attached hydrogens (tertiary/aromatic N) is 5. The van der Waals surface area contributed by atoms with Crippen molar-refractivity contribution in [2.75, 3.05) is 7.05 Å². The van der Waals surface area contributed by atoms with E-state index in [4.69, 9.17) is 4.52 Å². The number of pyridine rings is 1. The highest BCUT2D eigenvalue weighted by Crippen LogP contribution is 2.16. The number of fused-ring (bicyclic) bond motifs is 1. The second-order valence-electron chi connectivity index (χ2n) is 6.32. The van der Waals surface area contributed by atoms with Crippen LogP contribution in [0.15, 0.2) is 65.6 Å². The Morgan fingerprint density at radius 2 is 2.07 bits per heavy atom. The average molecular weight is 361 g/mol. The Labute approximate surface area is 156 Å². The van der Waals surface area contributed by atoms with Gasteiger partial charge in [0.25, 0.3) is 0 Å². The highest BCUT2D eigenvalue weighted by molar-refractivity contribution is 5.80. The minimum Gasteiger partial charge on any atom is -0.347 e. The molecule has 0 aliphatic rings. The molecule has 7 heteroatoms. The van der Waals surface area contributed by atoms with Gasteiger partial charge in [0.05, 0.1) is 6.54 Å². The minimum atomic E-state index is 0.0221. The zero-order chi connectivity index (χ0) is 18.6. The lowest BCUT2D eigenvalue weighted by Gasteiger charge is -2.15. The Hall–Kier alpha value is -3.48. The molecule has 3 heterocycles. The zero-order valence-corrected chi connectivity index (χ0v) is 14.9. The molecule has 3 aromatic heterocycles. The quantitative estimate of drug-likeness (QED) is 0.527. The first-order chi connectivity index (χ1) is 13.2. The maximum absolute atomic E-state index is 12.5. The van der Waals surface area contributed by atoms with E-state index < -0.39 is 0 Å². The van der Waals surface area contributed by atoms with Crippen molar-refractivity contribution < 1.29 is 9.32 Å². The lowest BCUT2D eigenvalue weighted by molar-refractivity contribution is -0.130. The van der Waals surface area contributed by atoms with Crippen LogP contribution in [0.4, 0.5) is 0 Å². The van der Waals surface area contributed by atoms with E-state index in [2.05, 4.69) is 37.9 Å². The van der Waals surface area contributed by atoms with Crippen LogP contribution in [0.5, 0.6) is 0 Å². The lowest BCUT2D eigenvalue weighted by atomic mass is 10.2. The van der Waals surface area contributed by atoms with Gasteiger partial charge >= 0.3 is 0 Å². The second kappa shape index (κ2) is 7.41. The number of aryl methyl sites for hydroxylation is 1. The average Bonchev–Trinajstić information content (AvgIpc) is 3.34. The molecule has 0 aliphatic heterocycles. The summed E-state index contributed by atoms with van der Waals surface area (Å²) in [5.41, 5.74) is 1.91. The van der Waals surface area contributed by atoms with Crippen LogP contribution in [0.3, 0.4) is 0 Å². The van der Waals surface area contributed by atoms with E-state index >= 15 is 0 Å². The number of benzene rings is 1. The molecule has 27 heavy (non-hydrogen) atoms. The fraction of sp³-hybridized carbons (Fsp3) is 0.200. The van der Waals surface area contributed by atoms with Crippen LogP contribution >= 0.6 is 0 Å². The molecule has 0 saturated heterocycles. The Balaban J connectivity index is 1.36. The van der Waals surface area contributed by atoms with Crippen molar-refractivity contribution in [1.82, 2.24) is 24.6 Å². The van der Waals surface area contributed by atoms with Crippen molar-refractivity contribution in [2.45, 2.75) is 19.5 Å². The fourth-order valence-corrected chi connectivity index (χ4v) is 2.96. The summed E-state index contributed by atoms with van der Waals surface area (Å²) in [4.78, 5) is 22.4. The third-order valence-electron chi connectivity index (χ3n) is 4.43. The van der Waals surface area contributed by atoms with Gasteiger partial charge in [-0.2, -0.15) is 4.98 Å². The smallest absolute Gasteiger partial charge is 0.246 e. The summed E-state index contributed by atoms with van der Waals surface area (Å²) in [5, 5.41) is 5.12. The number of aromatic nitrogens is 4. The molecule has 0 fully saturated rings. The number of rotatable bonds is 6. The molecular formula is C20H19N5O2. The third kappa shape index (κ3) is 3.72. The molecule has 0 N–H and O–H groups in total. The van der Waals surface area contributed by atoms with Gasteiger partial charge in [0, 0.05) is 49.7 Å². The van der Waals surface area contributed by atoms with Crippen LogP contribution in [0, 0.1) is 0 Å². The predicted molar refractivity (Wildman–Crippen MR) is 101 cm³/mol. The number of carbonyl (C=O) groups is 1. The second-order valence-corrected chi connectivity index (χ2v) is 6.32. The molecule has 1 aromatic carbocycles. The Bertz CT molecular complexity index is 1050. The summed E-state index contributed by atoms with van der Waals surface area (Å²) in [6, 6.07) is 13.9. The highest BCUT2D eigenvalue weighted by atomic mass is 16.5. The monoisotopic (exact) mass is 361 g/mol. The first-order valence-corrected chi connectivity index (χ1v) is 8.71. The van der Waals surface area contributed by atoms with Crippen LogP contribution in [0.1, 0.15) is 12.3 Å². The van der Waals surface area contributed by atoms with Gasteiger partial charge in [-0.15, -0.1) is 0 Å². The molecule has 0 atom stereocenters. The summed E-state index contributed by atoms with van der Waals surface area (Å²) < 4.78 is 7.35. The molecule has 0 spiro atoms. The minimum absolute atomic E-state index is 0.0221. The van der Waals surface area contributed by atoms with Gasteiger partial charge in [-0.05, 0) is 29.7 Å². The van der Waals surface area contributed by atoms with Crippen molar-refractivity contribution in [3.8, 4) is 11.4 Å². The molecule has 7 nitrogen and oxygen atoms in total. The maximum atomic E-state index is 12.5. The molecular weight excluding hydrogens is 342 g/mol. The van der Waals surface area contributed by atoms with Gasteiger partial charge in [-0.3, -0.25) is 9.78 Å². The summed E-state index contributed by atoms with van der Waals surface area (Å²) in [6.07, 6.45) is 5.77. The highest BCUT2D eigenvalue weighted by Gasteiger charge is 2.15. The van der Waals surface area contributed by atoms with Crippen LogP contribution < -0.4 is 0 Å². The van der Waals surface area contributed by atoms with Crippen LogP contribution in [0.2, 0.25) is 0 Å². The third-order valence-corrected chi connectivity index (χ3v) is 4.43. The standard InChI is InChI=1S/C20H19N5O2/c1-24(14-18-22-20(23-27-18)16-6-4-10-21-13-16)19(26)9-12-25-11-8-15-5-2-3-7-17(15)25/h2-8,10-11,13H,9,12,14H2,1H3. The molecule has 4 aromatic rings. The van der Waals surface area contributed by atoms with E-state index in [1.807, 2.05) is 30.5 Å². The summed E-state index contributed by atoms with van der Waals surface area (Å²) in [5.74, 6) is 0.891. The normalized spacial score (nSPS) is 11.0. The van der Waals surface area contributed by atoms with Crippen LogP contribution in [0.25, 0.3) is 22.3 Å². The summed E-state index contributed by atoms with van der Waals surface area (Å²) in [7, 11) is 1.74. The molecule has 0 radical (unpaired) electrons. The van der Waals surface area contributed by atoms with E-state index in [9.17, 15) is 4.79 Å². The van der Waals surface area contributed by atoms with E-state index in [0.717, 1.165) is 11.1 Å². The predicted octanol–water partition coefficient (Wildman–Crippen LogP) is 3.14. The van der Waals surface area contributed by atoms with Gasteiger partial charge in [0.15, 0.2) is 0 Å². The van der Waals surface area contributed by atoms with Crippen LogP contribution in [-0.4, -0.2) is 37.5 Å². The van der Waals surface area contributed by atoms with Crippen molar-refractivity contribution in [2.24, 2.45) is 0 Å². The van der Waals surface area contributed by atoms with E-state index in [-0.39, 0.29) is 12.5 Å². The van der Waals surface area contributed by atoms with Crippen molar-refractivity contribution in [3.05, 3.63) is 66.9 Å². The summed E-state index contributed by atoms with van der Waals surface area (Å²) in [6.45, 7) is 0.903. The fourth-order valence-electron chi connectivity index (χ4n) is 2.96. The van der Waals surface area contributed by atoms with Gasteiger partial charge in [0.1, 0.15) is 0 Å². The first-order valence-electron chi connectivity index (χ1n) is 8.71. The number of amides is 1. The van der Waals surface area contributed by atoms with E-state index in [0.29, 0.717) is 24.7 Å². The Morgan fingerprint density at radius 1 is 1.19 bits per heavy atom. The molecule has 0 unspecified atom stereocenters. The van der Waals surface area contributed by atoms with Crippen molar-refractivity contribution in [1.29, 1.82) is 0 Å². The summed E-state index contributed by atoms with van der Waals surface area (Å²) >= 11 is 0. The lowest BCUT2D eigenvalue weighted by Crippen LogP contribution is -2.27. The largest absolute Gasteiger partial charge is 0.347 e. The van der Waals surface area contributed by atoms with Crippen molar-refractivity contribution >= 4 is 16.8 Å². The molecule has 4 rings (SSSR count). The molecule has 1 amide bonds. The van der Waals surface area contributed by atoms with Gasteiger partial charge in [-0.1, -0.05) is 23.4 Å². The van der Waals surface area contributed by atoms with E-state index in [1.165, 1.54) is 5.39 Å². The zero-order valence-electron chi connectivity index (χ0n) is 14.9. The number of carbonyl (C=O) groups excluding carboxylic acids is 1. The number of para-hydroxylation sites is 1. The van der Waals surface area contributed by atoms with Crippen molar-refractivity contribution in [3.63, 3.8) is 0 Å². The topological polar surface area (TPSA) is 77.1 Å². The SMILES string of the molecule is CN(Cc1nc(-c2cccnc2)no1)C(=O)CCn1ccc2ccccc21. The maximum Gasteiger partial charge on any atom is 0.246 e. The first kappa shape index (κ1) is 17.0. The Kier molecular flexibility index (Phi) is 4.65. The number of hydrogen-bond acceptors (Lipinski definition) is 5. The van der Waals surface area contributed by atoms with Crippen LogP contribution in [-0.2, 0) is 17.9 Å². The Morgan fingerprint density at radius 3 is 2.93 bits per heavy atom. The molecule has 136 valence electrons. The molecule has 0 bridgehead atoms.